The molecule has 0 aromatic heterocycles. The second-order valence-electron chi connectivity index (χ2n) is 5.66. The third kappa shape index (κ3) is 6.16. The quantitative estimate of drug-likeness (QED) is 0.533. The van der Waals surface area contributed by atoms with Gasteiger partial charge in [0.25, 0.3) is 0 Å². The van der Waals surface area contributed by atoms with Gasteiger partial charge in [0.05, 0.1) is 12.7 Å². The molecule has 22 heavy (non-hydrogen) atoms. The summed E-state index contributed by atoms with van der Waals surface area (Å²) in [6.45, 7) is 4.84. The zero-order valence-electron chi connectivity index (χ0n) is 14.0. The van der Waals surface area contributed by atoms with E-state index in [0.717, 1.165) is 24.8 Å². The number of carbonyl (C=O) groups excluding carboxylic acids is 1. The van der Waals surface area contributed by atoms with Gasteiger partial charge in [-0.3, -0.25) is 9.69 Å². The van der Waals surface area contributed by atoms with Crippen molar-refractivity contribution < 1.29 is 14.6 Å². The zero-order chi connectivity index (χ0) is 16.4. The van der Waals surface area contributed by atoms with Gasteiger partial charge in [-0.1, -0.05) is 56.5 Å². The Morgan fingerprint density at radius 1 is 1.23 bits per heavy atom. The molecule has 4 heteroatoms. The molecule has 0 radical (unpaired) electrons. The van der Waals surface area contributed by atoms with E-state index in [1.165, 1.54) is 0 Å². The van der Waals surface area contributed by atoms with Crippen LogP contribution in [0.1, 0.15) is 45.1 Å². The summed E-state index contributed by atoms with van der Waals surface area (Å²) < 4.78 is 5.15. The van der Waals surface area contributed by atoms with Crippen molar-refractivity contribution in [1.82, 2.24) is 4.90 Å². The number of unbranched alkanes of at least 4 members (excludes halogenated alkanes) is 2. The highest BCUT2D eigenvalue weighted by molar-refractivity contribution is 5.76. The van der Waals surface area contributed by atoms with E-state index in [4.69, 9.17) is 4.74 Å². The number of rotatable bonds is 10. The molecular weight excluding hydrogens is 278 g/mol. The number of carbonyl (C=O) groups is 1. The van der Waals surface area contributed by atoms with Crippen molar-refractivity contribution in [3.63, 3.8) is 0 Å². The second kappa shape index (κ2) is 10.4. The van der Waals surface area contributed by atoms with Crippen LogP contribution in [0.4, 0.5) is 0 Å². The second-order valence-corrected chi connectivity index (χ2v) is 5.66. The minimum Gasteiger partial charge on any atom is -0.465 e. The molecule has 0 aliphatic carbocycles. The van der Waals surface area contributed by atoms with Gasteiger partial charge in [-0.25, -0.2) is 0 Å². The molecule has 1 N–H and O–H groups in total. The average Bonchev–Trinajstić information content (AvgIpc) is 2.49. The minimum atomic E-state index is -0.695. The fourth-order valence-electron chi connectivity index (χ4n) is 2.59. The van der Waals surface area contributed by atoms with Gasteiger partial charge in [0.15, 0.2) is 0 Å². The fraction of sp³-hybridized carbons (Fsp3) is 0.611. The van der Waals surface area contributed by atoms with Crippen molar-refractivity contribution in [2.45, 2.75) is 58.2 Å². The van der Waals surface area contributed by atoms with Crippen molar-refractivity contribution in [3.8, 4) is 0 Å². The van der Waals surface area contributed by atoms with E-state index in [1.54, 1.807) is 6.92 Å². The number of ether oxygens (including phenoxy) is 1. The number of hydrogen-bond donors (Lipinski definition) is 1. The SMILES string of the molecule is CCCCC[C@@H](O)[C@H](C(=O)OCC)N(C)Cc1ccccc1. The summed E-state index contributed by atoms with van der Waals surface area (Å²) in [4.78, 5) is 14.1. The van der Waals surface area contributed by atoms with Crippen molar-refractivity contribution in [1.29, 1.82) is 0 Å². The standard InChI is InChI=1S/C18H29NO3/c1-4-6-8-13-16(20)17(18(21)22-5-2)19(3)14-15-11-9-7-10-12-15/h7,9-12,16-17,20H,4-6,8,13-14H2,1-3H3/t16-,17-/m1/s1. The number of aliphatic hydroxyl groups is 1. The van der Waals surface area contributed by atoms with Crippen LogP contribution in [0, 0.1) is 0 Å². The van der Waals surface area contributed by atoms with E-state index in [1.807, 2.05) is 42.3 Å². The van der Waals surface area contributed by atoms with E-state index >= 15 is 0 Å². The van der Waals surface area contributed by atoms with Crippen LogP contribution in [0.5, 0.6) is 0 Å². The zero-order valence-corrected chi connectivity index (χ0v) is 14.0. The van der Waals surface area contributed by atoms with Gasteiger partial charge in [0.2, 0.25) is 0 Å². The number of esters is 1. The number of benzene rings is 1. The molecule has 0 spiro atoms. The normalized spacial score (nSPS) is 13.9. The monoisotopic (exact) mass is 307 g/mol. The van der Waals surface area contributed by atoms with E-state index < -0.39 is 12.1 Å². The van der Waals surface area contributed by atoms with Gasteiger partial charge in [0, 0.05) is 6.54 Å². The van der Waals surface area contributed by atoms with Gasteiger partial charge >= 0.3 is 5.97 Å². The smallest absolute Gasteiger partial charge is 0.326 e. The van der Waals surface area contributed by atoms with Crippen LogP contribution in [0.3, 0.4) is 0 Å². The molecule has 0 aliphatic heterocycles. The Labute approximate surface area is 134 Å². The van der Waals surface area contributed by atoms with E-state index in [2.05, 4.69) is 6.92 Å². The molecule has 2 atom stereocenters. The number of nitrogens with zero attached hydrogens (tertiary/aromatic N) is 1. The topological polar surface area (TPSA) is 49.8 Å². The maximum absolute atomic E-state index is 12.2. The summed E-state index contributed by atoms with van der Waals surface area (Å²) >= 11 is 0. The van der Waals surface area contributed by atoms with Gasteiger partial charge < -0.3 is 9.84 Å². The molecule has 0 saturated carbocycles. The molecule has 0 saturated heterocycles. The molecule has 124 valence electrons. The Morgan fingerprint density at radius 3 is 2.50 bits per heavy atom. The number of aliphatic hydroxyl groups excluding tert-OH is 1. The summed E-state index contributed by atoms with van der Waals surface area (Å²) in [5.74, 6) is -0.343. The fourth-order valence-corrected chi connectivity index (χ4v) is 2.59. The Balaban J connectivity index is 2.72. The maximum atomic E-state index is 12.2. The summed E-state index contributed by atoms with van der Waals surface area (Å²) in [5.41, 5.74) is 1.11. The molecule has 1 rings (SSSR count). The summed E-state index contributed by atoms with van der Waals surface area (Å²) in [6.07, 6.45) is 3.01. The predicted molar refractivity (Wildman–Crippen MR) is 88.5 cm³/mol. The lowest BCUT2D eigenvalue weighted by Gasteiger charge is -2.30. The highest BCUT2D eigenvalue weighted by Gasteiger charge is 2.31. The van der Waals surface area contributed by atoms with Crippen LogP contribution >= 0.6 is 0 Å². The first kappa shape index (κ1) is 18.7. The van der Waals surface area contributed by atoms with Crippen LogP contribution in [-0.2, 0) is 16.1 Å². The Hall–Kier alpha value is -1.39. The number of hydrogen-bond acceptors (Lipinski definition) is 4. The first-order valence-electron chi connectivity index (χ1n) is 8.19. The lowest BCUT2D eigenvalue weighted by Crippen LogP contribution is -2.47. The van der Waals surface area contributed by atoms with E-state index in [0.29, 0.717) is 19.6 Å². The van der Waals surface area contributed by atoms with Crippen molar-refractivity contribution in [2.75, 3.05) is 13.7 Å². The van der Waals surface area contributed by atoms with Crippen LogP contribution < -0.4 is 0 Å². The number of likely N-dealkylation sites (N-methyl/N-ethyl adjacent to an activating group) is 1. The molecule has 0 fully saturated rings. The van der Waals surface area contributed by atoms with Gasteiger partial charge in [-0.05, 0) is 26.0 Å². The van der Waals surface area contributed by atoms with E-state index in [9.17, 15) is 9.90 Å². The largest absolute Gasteiger partial charge is 0.465 e. The average molecular weight is 307 g/mol. The molecule has 4 nitrogen and oxygen atoms in total. The van der Waals surface area contributed by atoms with E-state index in [-0.39, 0.29) is 5.97 Å². The predicted octanol–water partition coefficient (Wildman–Crippen LogP) is 2.99. The van der Waals surface area contributed by atoms with Crippen molar-refractivity contribution in [2.24, 2.45) is 0 Å². The molecular formula is C18H29NO3. The molecule has 1 aromatic rings. The maximum Gasteiger partial charge on any atom is 0.326 e. The molecule has 0 heterocycles. The van der Waals surface area contributed by atoms with Crippen LogP contribution in [0.2, 0.25) is 0 Å². The third-order valence-electron chi connectivity index (χ3n) is 3.75. The molecule has 0 amide bonds. The highest BCUT2D eigenvalue weighted by Crippen LogP contribution is 2.15. The Kier molecular flexibility index (Phi) is 8.78. The van der Waals surface area contributed by atoms with Gasteiger partial charge in [-0.15, -0.1) is 0 Å². The molecule has 0 aliphatic rings. The van der Waals surface area contributed by atoms with Gasteiger partial charge in [-0.2, -0.15) is 0 Å². The molecule has 0 bridgehead atoms. The van der Waals surface area contributed by atoms with Crippen molar-refractivity contribution >= 4 is 5.97 Å². The summed E-state index contributed by atoms with van der Waals surface area (Å²) in [7, 11) is 1.86. The summed E-state index contributed by atoms with van der Waals surface area (Å²) in [6, 6.07) is 9.33. The molecule has 0 unspecified atom stereocenters. The lowest BCUT2D eigenvalue weighted by atomic mass is 10.0. The van der Waals surface area contributed by atoms with Gasteiger partial charge in [0.1, 0.15) is 6.04 Å². The lowest BCUT2D eigenvalue weighted by molar-refractivity contribution is -0.154. The van der Waals surface area contributed by atoms with Crippen LogP contribution in [0.15, 0.2) is 30.3 Å². The Morgan fingerprint density at radius 2 is 1.91 bits per heavy atom. The van der Waals surface area contributed by atoms with Crippen LogP contribution in [0.25, 0.3) is 0 Å². The van der Waals surface area contributed by atoms with Crippen LogP contribution in [-0.4, -0.2) is 41.8 Å². The first-order chi connectivity index (χ1) is 10.6. The molecule has 1 aromatic carbocycles. The minimum absolute atomic E-state index is 0.330. The first-order valence-corrected chi connectivity index (χ1v) is 8.19. The third-order valence-corrected chi connectivity index (χ3v) is 3.75. The summed E-state index contributed by atoms with van der Waals surface area (Å²) in [5, 5.41) is 10.4. The Bertz CT molecular complexity index is 422. The van der Waals surface area contributed by atoms with Crippen molar-refractivity contribution in [3.05, 3.63) is 35.9 Å². The highest BCUT2D eigenvalue weighted by atomic mass is 16.5.